The lowest BCUT2D eigenvalue weighted by molar-refractivity contribution is -0.122. The average molecular weight is 390 g/mol. The molecule has 0 radical (unpaired) electrons. The van der Waals surface area contributed by atoms with E-state index in [0.717, 1.165) is 23.5 Å². The first-order valence-electron chi connectivity index (χ1n) is 9.91. The summed E-state index contributed by atoms with van der Waals surface area (Å²) in [6, 6.07) is 14.4. The SMILES string of the molecule is CC(C)(C)c1ccc([C@@H]2C[C@H]2C(=O)NN=C/C=C/c2ccc3c(c2)OCO3)cc1. The predicted octanol–water partition coefficient (Wildman–Crippen LogP) is 4.63. The highest BCUT2D eigenvalue weighted by Gasteiger charge is 2.43. The molecule has 1 N–H and O–H groups in total. The van der Waals surface area contributed by atoms with Gasteiger partial charge in [-0.15, -0.1) is 0 Å². The van der Waals surface area contributed by atoms with Gasteiger partial charge in [-0.3, -0.25) is 4.79 Å². The minimum absolute atomic E-state index is 0.00507. The van der Waals surface area contributed by atoms with E-state index in [1.54, 1.807) is 12.3 Å². The van der Waals surface area contributed by atoms with Crippen LogP contribution in [0.1, 0.15) is 49.8 Å². The number of carbonyl (C=O) groups excluding carboxylic acids is 1. The van der Waals surface area contributed by atoms with Gasteiger partial charge in [0.05, 0.1) is 0 Å². The summed E-state index contributed by atoms with van der Waals surface area (Å²) in [6.07, 6.45) is 6.14. The zero-order valence-electron chi connectivity index (χ0n) is 17.0. The van der Waals surface area contributed by atoms with Crippen molar-refractivity contribution in [3.8, 4) is 11.5 Å². The third-order valence-corrected chi connectivity index (χ3v) is 5.35. The Bertz CT molecular complexity index is 955. The number of nitrogens with zero attached hydrogens (tertiary/aromatic N) is 1. The molecule has 2 atom stereocenters. The maximum absolute atomic E-state index is 12.3. The lowest BCUT2D eigenvalue weighted by Gasteiger charge is -2.19. The second kappa shape index (κ2) is 7.74. The number of hydrazone groups is 1. The van der Waals surface area contributed by atoms with Crippen LogP contribution in [0, 0.1) is 5.92 Å². The molecule has 0 aromatic heterocycles. The van der Waals surface area contributed by atoms with Gasteiger partial charge in [-0.1, -0.05) is 57.2 Å². The molecule has 2 aromatic carbocycles. The highest BCUT2D eigenvalue weighted by Crippen LogP contribution is 2.47. The van der Waals surface area contributed by atoms with Crippen molar-refractivity contribution in [2.24, 2.45) is 11.0 Å². The molecular formula is C24H26N2O3. The number of hydrogen-bond acceptors (Lipinski definition) is 4. The zero-order valence-corrected chi connectivity index (χ0v) is 17.0. The van der Waals surface area contributed by atoms with Gasteiger partial charge in [0.15, 0.2) is 11.5 Å². The van der Waals surface area contributed by atoms with Gasteiger partial charge in [-0.25, -0.2) is 5.43 Å². The maximum atomic E-state index is 12.3. The fourth-order valence-electron chi connectivity index (χ4n) is 3.48. The molecule has 150 valence electrons. The van der Waals surface area contributed by atoms with Crippen LogP contribution in [0.5, 0.6) is 11.5 Å². The smallest absolute Gasteiger partial charge is 0.243 e. The van der Waals surface area contributed by atoms with E-state index in [9.17, 15) is 4.79 Å². The molecule has 1 fully saturated rings. The van der Waals surface area contributed by atoms with E-state index < -0.39 is 0 Å². The van der Waals surface area contributed by atoms with Crippen LogP contribution in [0.15, 0.2) is 53.6 Å². The molecule has 0 unspecified atom stereocenters. The van der Waals surface area contributed by atoms with Gasteiger partial charge in [0.1, 0.15) is 0 Å². The van der Waals surface area contributed by atoms with Crippen LogP contribution in [-0.2, 0) is 10.2 Å². The van der Waals surface area contributed by atoms with Crippen molar-refractivity contribution in [1.29, 1.82) is 0 Å². The first-order valence-corrected chi connectivity index (χ1v) is 9.91. The monoisotopic (exact) mass is 390 g/mol. The van der Waals surface area contributed by atoms with E-state index in [0.29, 0.717) is 5.92 Å². The normalized spacial score (nSPS) is 20.4. The average Bonchev–Trinajstić information content (AvgIpc) is 3.37. The molecule has 29 heavy (non-hydrogen) atoms. The Balaban J connectivity index is 1.26. The van der Waals surface area contributed by atoms with Crippen molar-refractivity contribution >= 4 is 18.2 Å². The van der Waals surface area contributed by atoms with Crippen LogP contribution in [0.25, 0.3) is 6.08 Å². The summed E-state index contributed by atoms with van der Waals surface area (Å²) in [5.74, 6) is 1.78. The molecule has 1 saturated carbocycles. The minimum Gasteiger partial charge on any atom is -0.454 e. The molecule has 0 bridgehead atoms. The Morgan fingerprint density at radius 3 is 2.62 bits per heavy atom. The summed E-state index contributed by atoms with van der Waals surface area (Å²) in [7, 11) is 0. The number of rotatable bonds is 5. The van der Waals surface area contributed by atoms with Crippen molar-refractivity contribution < 1.29 is 14.3 Å². The maximum Gasteiger partial charge on any atom is 0.243 e. The molecule has 1 amide bonds. The number of amides is 1. The van der Waals surface area contributed by atoms with Gasteiger partial charge < -0.3 is 9.47 Å². The van der Waals surface area contributed by atoms with Crippen molar-refractivity contribution in [1.82, 2.24) is 5.43 Å². The van der Waals surface area contributed by atoms with Gasteiger partial charge in [0, 0.05) is 12.1 Å². The van der Waals surface area contributed by atoms with Crippen molar-refractivity contribution in [2.45, 2.75) is 38.5 Å². The summed E-state index contributed by atoms with van der Waals surface area (Å²) in [6.45, 7) is 6.87. The third-order valence-electron chi connectivity index (χ3n) is 5.35. The van der Waals surface area contributed by atoms with Crippen molar-refractivity contribution in [3.63, 3.8) is 0 Å². The molecule has 4 rings (SSSR count). The summed E-state index contributed by atoms with van der Waals surface area (Å²) in [5.41, 5.74) is 6.30. The molecule has 1 aliphatic heterocycles. The zero-order chi connectivity index (χ0) is 20.4. The number of benzene rings is 2. The van der Waals surface area contributed by atoms with Gasteiger partial charge in [0.25, 0.3) is 0 Å². The summed E-state index contributed by atoms with van der Waals surface area (Å²) >= 11 is 0. The summed E-state index contributed by atoms with van der Waals surface area (Å²) in [5, 5.41) is 4.03. The Kier molecular flexibility index (Phi) is 5.14. The fourth-order valence-corrected chi connectivity index (χ4v) is 3.48. The van der Waals surface area contributed by atoms with E-state index >= 15 is 0 Å². The number of allylic oxidation sites excluding steroid dienone is 1. The lowest BCUT2D eigenvalue weighted by Crippen LogP contribution is -2.19. The summed E-state index contributed by atoms with van der Waals surface area (Å²) < 4.78 is 10.6. The Labute approximate surface area is 171 Å². The van der Waals surface area contributed by atoms with Crippen LogP contribution in [0.2, 0.25) is 0 Å². The van der Waals surface area contributed by atoms with E-state index in [1.807, 2.05) is 24.3 Å². The van der Waals surface area contributed by atoms with Crippen LogP contribution < -0.4 is 14.9 Å². The Morgan fingerprint density at radius 1 is 1.10 bits per heavy atom. The van der Waals surface area contributed by atoms with E-state index in [2.05, 4.69) is 55.6 Å². The van der Waals surface area contributed by atoms with E-state index in [4.69, 9.17) is 9.47 Å². The molecule has 2 aliphatic rings. The van der Waals surface area contributed by atoms with Crippen LogP contribution in [0.3, 0.4) is 0 Å². The molecule has 0 spiro atoms. The number of fused-ring (bicyclic) bond motifs is 1. The van der Waals surface area contributed by atoms with Gasteiger partial charge >= 0.3 is 0 Å². The number of hydrogen-bond donors (Lipinski definition) is 1. The van der Waals surface area contributed by atoms with Crippen molar-refractivity contribution in [3.05, 3.63) is 65.2 Å². The van der Waals surface area contributed by atoms with Gasteiger partial charge in [0.2, 0.25) is 12.7 Å². The Hall–Kier alpha value is -3.08. The molecule has 0 saturated heterocycles. The van der Waals surface area contributed by atoms with Gasteiger partial charge in [-0.05, 0) is 52.7 Å². The van der Waals surface area contributed by atoms with Gasteiger partial charge in [-0.2, -0.15) is 5.10 Å². The highest BCUT2D eigenvalue weighted by molar-refractivity contribution is 5.85. The van der Waals surface area contributed by atoms with Crippen LogP contribution in [0.4, 0.5) is 0 Å². The number of carbonyl (C=O) groups is 1. The van der Waals surface area contributed by atoms with E-state index in [-0.39, 0.29) is 24.0 Å². The summed E-state index contributed by atoms with van der Waals surface area (Å²) in [4.78, 5) is 12.3. The Morgan fingerprint density at radius 2 is 1.86 bits per heavy atom. The molecule has 1 heterocycles. The third kappa shape index (κ3) is 4.50. The molecule has 5 heteroatoms. The number of ether oxygens (including phenoxy) is 2. The largest absolute Gasteiger partial charge is 0.454 e. The quantitative estimate of drug-likeness (QED) is 0.598. The lowest BCUT2D eigenvalue weighted by atomic mass is 9.86. The van der Waals surface area contributed by atoms with E-state index in [1.165, 1.54) is 11.1 Å². The molecule has 1 aliphatic carbocycles. The van der Waals surface area contributed by atoms with Crippen molar-refractivity contribution in [2.75, 3.05) is 6.79 Å². The second-order valence-electron chi connectivity index (χ2n) is 8.55. The minimum atomic E-state index is -0.0253. The fraction of sp³-hybridized carbons (Fsp3) is 0.333. The second-order valence-corrected chi connectivity index (χ2v) is 8.55. The highest BCUT2D eigenvalue weighted by atomic mass is 16.7. The molecule has 5 nitrogen and oxygen atoms in total. The van der Waals surface area contributed by atoms with Crippen LogP contribution >= 0.6 is 0 Å². The standard InChI is InChI=1S/C24H26N2O3/c1-24(2,3)18-9-7-17(8-10-18)19-14-20(19)23(27)26-25-12-4-5-16-6-11-21-22(13-16)29-15-28-21/h4-13,19-20H,14-15H2,1-3H3,(H,26,27)/b5-4+,25-12?/t19-,20+/m0/s1. The number of nitrogens with one attached hydrogen (secondary N) is 1. The molecular weight excluding hydrogens is 364 g/mol. The first kappa shape index (κ1) is 19.2. The topological polar surface area (TPSA) is 59.9 Å². The first-order chi connectivity index (χ1) is 13.9. The van der Waals surface area contributed by atoms with Crippen LogP contribution in [-0.4, -0.2) is 18.9 Å². The molecule has 2 aromatic rings. The predicted molar refractivity (Wildman–Crippen MR) is 114 cm³/mol.